The van der Waals surface area contributed by atoms with Crippen molar-refractivity contribution in [1.29, 1.82) is 0 Å². The lowest BCUT2D eigenvalue weighted by Crippen LogP contribution is -2.41. The summed E-state index contributed by atoms with van der Waals surface area (Å²) in [7, 11) is 2.92. The van der Waals surface area contributed by atoms with Gasteiger partial charge in [-0.2, -0.15) is 0 Å². The van der Waals surface area contributed by atoms with Crippen molar-refractivity contribution < 1.29 is 4.79 Å². The van der Waals surface area contributed by atoms with Crippen LogP contribution in [0.5, 0.6) is 0 Å². The first-order valence-electron chi connectivity index (χ1n) is 7.83. The molecule has 0 spiro atoms. The Balaban J connectivity index is 2.42. The average molecular weight is 333 g/mol. The van der Waals surface area contributed by atoms with E-state index in [0.29, 0.717) is 12.5 Å². The van der Waals surface area contributed by atoms with E-state index in [1.807, 2.05) is 0 Å². The lowest BCUT2D eigenvalue weighted by atomic mass is 10.0. The van der Waals surface area contributed by atoms with Gasteiger partial charge in [-0.3, -0.25) is 18.7 Å². The first kappa shape index (κ1) is 17.9. The molecule has 24 heavy (non-hydrogen) atoms. The molecule has 0 radical (unpaired) electrons. The zero-order chi connectivity index (χ0) is 18.0. The summed E-state index contributed by atoms with van der Waals surface area (Å²) in [5.41, 5.74) is 5.27. The molecule has 0 aromatic carbocycles. The molecule has 2 heterocycles. The van der Waals surface area contributed by atoms with Gasteiger partial charge in [0.1, 0.15) is 5.65 Å². The first-order chi connectivity index (χ1) is 11.3. The van der Waals surface area contributed by atoms with Crippen LogP contribution >= 0.6 is 0 Å². The number of hydrogen-bond acceptors (Lipinski definition) is 5. The fourth-order valence-electron chi connectivity index (χ4n) is 2.64. The van der Waals surface area contributed by atoms with E-state index in [1.54, 1.807) is 0 Å². The van der Waals surface area contributed by atoms with Crippen molar-refractivity contribution in [3.8, 4) is 0 Å². The topological polar surface area (TPSA) is 112 Å². The predicted molar refractivity (Wildman–Crippen MR) is 92.0 cm³/mol. The minimum atomic E-state index is -0.479. The molecular weight excluding hydrogens is 310 g/mol. The molecule has 0 aliphatic rings. The molecule has 3 N–H and O–H groups in total. The molecule has 2 rings (SSSR count). The molecule has 2 aromatic rings. The number of rotatable bonds is 5. The summed E-state index contributed by atoms with van der Waals surface area (Å²) in [6.07, 6.45) is 2.12. The van der Waals surface area contributed by atoms with Crippen LogP contribution < -0.4 is 22.3 Å². The highest BCUT2D eigenvalue weighted by atomic mass is 16.2. The fourth-order valence-corrected chi connectivity index (χ4v) is 2.64. The second-order valence-electron chi connectivity index (χ2n) is 6.34. The maximum Gasteiger partial charge on any atom is 0.332 e. The molecule has 0 bridgehead atoms. The van der Waals surface area contributed by atoms with Crippen LogP contribution in [0, 0.1) is 5.92 Å². The summed E-state index contributed by atoms with van der Waals surface area (Å²) < 4.78 is 2.27. The van der Waals surface area contributed by atoms with Gasteiger partial charge in [0, 0.05) is 32.9 Å². The molecule has 0 saturated heterocycles. The lowest BCUT2D eigenvalue weighted by Gasteiger charge is -2.18. The van der Waals surface area contributed by atoms with Crippen molar-refractivity contribution >= 4 is 16.9 Å². The van der Waals surface area contributed by atoms with Crippen molar-refractivity contribution in [3.63, 3.8) is 0 Å². The zero-order valence-electron chi connectivity index (χ0n) is 14.4. The van der Waals surface area contributed by atoms with Gasteiger partial charge in [0.15, 0.2) is 0 Å². The predicted octanol–water partition coefficient (Wildman–Crippen LogP) is -0.265. The van der Waals surface area contributed by atoms with Crippen LogP contribution in [-0.2, 0) is 14.1 Å². The highest BCUT2D eigenvalue weighted by molar-refractivity contribution is 5.96. The smallest absolute Gasteiger partial charge is 0.332 e. The monoisotopic (exact) mass is 333 g/mol. The highest BCUT2D eigenvalue weighted by Crippen LogP contribution is 2.09. The van der Waals surface area contributed by atoms with Crippen LogP contribution in [0.25, 0.3) is 11.0 Å². The van der Waals surface area contributed by atoms with E-state index in [9.17, 15) is 14.4 Å². The number of carbonyl (C=O) groups is 1. The van der Waals surface area contributed by atoms with Crippen LogP contribution in [0.3, 0.4) is 0 Å². The fraction of sp³-hybridized carbons (Fsp3) is 0.500. The Labute approximate surface area is 139 Å². The number of amides is 1. The molecule has 0 fully saturated rings. The molecule has 8 nitrogen and oxygen atoms in total. The van der Waals surface area contributed by atoms with E-state index in [1.165, 1.54) is 30.9 Å². The standard InChI is InChI=1S/C16H23N5O3/c1-9(2)5-11(7-17)19-14(22)10-6-12-13(18-8-10)20(3)16(24)21(4)15(12)23/h6,8-9,11H,5,7,17H2,1-4H3,(H,19,22). The number of aromatic nitrogens is 3. The van der Waals surface area contributed by atoms with E-state index in [-0.39, 0.29) is 28.5 Å². The average Bonchev–Trinajstić information content (AvgIpc) is 2.56. The third kappa shape index (κ3) is 3.38. The Morgan fingerprint density at radius 2 is 1.96 bits per heavy atom. The van der Waals surface area contributed by atoms with Gasteiger partial charge in [-0.1, -0.05) is 13.8 Å². The molecule has 8 heteroatoms. The maximum absolute atomic E-state index is 12.4. The van der Waals surface area contributed by atoms with E-state index in [4.69, 9.17) is 5.73 Å². The van der Waals surface area contributed by atoms with Crippen LogP contribution in [0.2, 0.25) is 0 Å². The summed E-state index contributed by atoms with van der Waals surface area (Å²) in [5, 5.41) is 3.08. The van der Waals surface area contributed by atoms with Gasteiger partial charge in [0.05, 0.1) is 10.9 Å². The normalized spacial score (nSPS) is 12.6. The Bertz CT molecular complexity index is 882. The minimum Gasteiger partial charge on any atom is -0.348 e. The summed E-state index contributed by atoms with van der Waals surface area (Å²) in [4.78, 5) is 40.7. The van der Waals surface area contributed by atoms with Gasteiger partial charge < -0.3 is 11.1 Å². The Morgan fingerprint density at radius 1 is 1.29 bits per heavy atom. The molecule has 0 aliphatic heterocycles. The van der Waals surface area contributed by atoms with Crippen molar-refractivity contribution in [3.05, 3.63) is 38.7 Å². The molecular formula is C16H23N5O3. The number of carbonyl (C=O) groups excluding carboxylic acids is 1. The number of fused-ring (bicyclic) bond motifs is 1. The third-order valence-corrected chi connectivity index (χ3v) is 3.93. The van der Waals surface area contributed by atoms with Crippen LogP contribution in [0.15, 0.2) is 21.9 Å². The SMILES string of the molecule is CC(C)CC(CN)NC(=O)c1cnc2c(c1)c(=O)n(C)c(=O)n2C. The zero-order valence-corrected chi connectivity index (χ0v) is 14.4. The Hall–Kier alpha value is -2.48. The maximum atomic E-state index is 12.4. The van der Waals surface area contributed by atoms with Gasteiger partial charge in [-0.15, -0.1) is 0 Å². The Kier molecular flexibility index (Phi) is 5.18. The highest BCUT2D eigenvalue weighted by Gasteiger charge is 2.16. The number of nitrogens with zero attached hydrogens (tertiary/aromatic N) is 3. The third-order valence-electron chi connectivity index (χ3n) is 3.93. The largest absolute Gasteiger partial charge is 0.348 e. The van der Waals surface area contributed by atoms with E-state index < -0.39 is 11.2 Å². The second kappa shape index (κ2) is 6.96. The quantitative estimate of drug-likeness (QED) is 0.782. The number of nitrogens with two attached hydrogens (primary N) is 1. The van der Waals surface area contributed by atoms with E-state index >= 15 is 0 Å². The Morgan fingerprint density at radius 3 is 2.54 bits per heavy atom. The summed E-state index contributed by atoms with van der Waals surface area (Å²) in [5.74, 6) is 0.0619. The summed E-state index contributed by atoms with van der Waals surface area (Å²) >= 11 is 0. The van der Waals surface area contributed by atoms with Gasteiger partial charge in [-0.05, 0) is 18.4 Å². The van der Waals surface area contributed by atoms with Crippen LogP contribution in [0.4, 0.5) is 0 Å². The number of aryl methyl sites for hydroxylation is 1. The van der Waals surface area contributed by atoms with Crippen molar-refractivity contribution in [2.45, 2.75) is 26.3 Å². The van der Waals surface area contributed by atoms with E-state index in [2.05, 4.69) is 24.1 Å². The molecule has 0 aliphatic carbocycles. The minimum absolute atomic E-state index is 0.142. The van der Waals surface area contributed by atoms with Crippen LogP contribution in [-0.4, -0.2) is 32.6 Å². The van der Waals surface area contributed by atoms with Crippen molar-refractivity contribution in [2.75, 3.05) is 6.54 Å². The lowest BCUT2D eigenvalue weighted by molar-refractivity contribution is 0.0933. The molecule has 1 atom stereocenters. The molecule has 130 valence electrons. The second-order valence-corrected chi connectivity index (χ2v) is 6.34. The first-order valence-corrected chi connectivity index (χ1v) is 7.83. The molecule has 0 saturated carbocycles. The number of nitrogens with one attached hydrogen (secondary N) is 1. The van der Waals surface area contributed by atoms with Crippen molar-refractivity contribution in [2.24, 2.45) is 25.7 Å². The van der Waals surface area contributed by atoms with E-state index in [0.717, 1.165) is 11.0 Å². The van der Waals surface area contributed by atoms with Gasteiger partial charge >= 0.3 is 5.69 Å². The number of pyridine rings is 1. The van der Waals surface area contributed by atoms with Crippen molar-refractivity contribution in [1.82, 2.24) is 19.4 Å². The summed E-state index contributed by atoms with van der Waals surface area (Å²) in [6.45, 7) is 4.44. The van der Waals surface area contributed by atoms with Gasteiger partial charge in [0.25, 0.3) is 11.5 Å². The van der Waals surface area contributed by atoms with Gasteiger partial charge in [-0.25, -0.2) is 9.78 Å². The van der Waals surface area contributed by atoms with Crippen LogP contribution in [0.1, 0.15) is 30.6 Å². The number of hydrogen-bond donors (Lipinski definition) is 2. The van der Waals surface area contributed by atoms with Gasteiger partial charge in [0.2, 0.25) is 0 Å². The summed E-state index contributed by atoms with van der Waals surface area (Å²) in [6, 6.07) is 1.32. The molecule has 2 aromatic heterocycles. The molecule has 1 unspecified atom stereocenters. The molecule has 1 amide bonds.